The van der Waals surface area contributed by atoms with Gasteiger partial charge in [0.2, 0.25) is 0 Å². The van der Waals surface area contributed by atoms with Crippen molar-refractivity contribution in [3.63, 3.8) is 0 Å². The second kappa shape index (κ2) is 5.88. The smallest absolute Gasteiger partial charge is 0.325 e. The first-order chi connectivity index (χ1) is 7.90. The molecule has 0 fully saturated rings. The van der Waals surface area contributed by atoms with Gasteiger partial charge in [0.15, 0.2) is 0 Å². The highest BCUT2D eigenvalue weighted by Gasteiger charge is 2.17. The number of nitrogens with zero attached hydrogens (tertiary/aromatic N) is 1. The molecule has 17 heavy (non-hydrogen) atoms. The van der Waals surface area contributed by atoms with E-state index in [0.29, 0.717) is 10.9 Å². The molecule has 0 spiro atoms. The molecule has 1 atom stereocenters. The molecule has 0 saturated heterocycles. The lowest BCUT2D eigenvalue weighted by molar-refractivity contribution is -0.138. The average Bonchev–Trinajstić information content (AvgIpc) is 2.63. The van der Waals surface area contributed by atoms with Crippen molar-refractivity contribution in [2.24, 2.45) is 0 Å². The summed E-state index contributed by atoms with van der Waals surface area (Å²) < 4.78 is 0.660. The number of amides is 2. The molecule has 0 aromatic carbocycles. The number of aliphatic carboxylic acids is 1. The van der Waals surface area contributed by atoms with Crippen LogP contribution in [-0.2, 0) is 11.3 Å². The molecular formula is C10H13ClN2O3S. The van der Waals surface area contributed by atoms with Crippen molar-refractivity contribution in [2.75, 3.05) is 7.05 Å². The van der Waals surface area contributed by atoms with Crippen LogP contribution in [0.25, 0.3) is 0 Å². The lowest BCUT2D eigenvalue weighted by Gasteiger charge is -2.18. The molecule has 1 aromatic rings. The van der Waals surface area contributed by atoms with Crippen LogP contribution in [0, 0.1) is 0 Å². The molecule has 0 aliphatic carbocycles. The summed E-state index contributed by atoms with van der Waals surface area (Å²) in [6, 6.07) is 2.26. The highest BCUT2D eigenvalue weighted by atomic mass is 35.5. The number of hydrogen-bond acceptors (Lipinski definition) is 3. The number of carboxylic acids is 1. The van der Waals surface area contributed by atoms with Crippen LogP contribution in [0.15, 0.2) is 12.1 Å². The molecule has 0 aliphatic heterocycles. The van der Waals surface area contributed by atoms with Gasteiger partial charge in [-0.3, -0.25) is 4.79 Å². The van der Waals surface area contributed by atoms with E-state index in [9.17, 15) is 9.59 Å². The Bertz CT molecular complexity index is 421. The molecule has 1 aromatic heterocycles. The number of carboxylic acid groups (broad SMARTS) is 1. The van der Waals surface area contributed by atoms with Gasteiger partial charge in [0.05, 0.1) is 10.9 Å². The molecule has 0 saturated carbocycles. The molecule has 5 nitrogen and oxygen atoms in total. The van der Waals surface area contributed by atoms with Crippen LogP contribution < -0.4 is 5.32 Å². The fourth-order valence-electron chi connectivity index (χ4n) is 1.10. The maximum Gasteiger partial charge on any atom is 0.325 e. The molecule has 2 amide bonds. The van der Waals surface area contributed by atoms with Crippen molar-refractivity contribution in [3.8, 4) is 0 Å². The number of rotatable bonds is 4. The minimum atomic E-state index is -1.06. The first-order valence-corrected chi connectivity index (χ1v) is 6.08. The largest absolute Gasteiger partial charge is 0.480 e. The standard InChI is InChI=1S/C10H13ClN2O3S/c1-6(9(14)15)12-10(16)13(2)5-7-3-4-8(11)17-7/h3-4,6H,5H2,1-2H3,(H,12,16)(H,14,15). The van der Waals surface area contributed by atoms with E-state index in [-0.39, 0.29) is 0 Å². The summed E-state index contributed by atoms with van der Waals surface area (Å²) in [6.45, 7) is 1.81. The summed E-state index contributed by atoms with van der Waals surface area (Å²) in [7, 11) is 1.59. The van der Waals surface area contributed by atoms with Crippen molar-refractivity contribution in [2.45, 2.75) is 19.5 Å². The minimum Gasteiger partial charge on any atom is -0.480 e. The van der Waals surface area contributed by atoms with E-state index in [1.165, 1.54) is 23.2 Å². The third-order valence-electron chi connectivity index (χ3n) is 2.08. The number of thiophene rings is 1. The van der Waals surface area contributed by atoms with Crippen LogP contribution >= 0.6 is 22.9 Å². The van der Waals surface area contributed by atoms with E-state index in [4.69, 9.17) is 16.7 Å². The SMILES string of the molecule is CC(NC(=O)N(C)Cc1ccc(Cl)s1)C(=O)O. The molecule has 0 aliphatic rings. The number of hydrogen-bond donors (Lipinski definition) is 2. The zero-order valence-corrected chi connectivity index (χ0v) is 11.0. The summed E-state index contributed by atoms with van der Waals surface area (Å²) in [5, 5.41) is 11.0. The van der Waals surface area contributed by atoms with Crippen molar-refractivity contribution in [3.05, 3.63) is 21.3 Å². The number of halogens is 1. The average molecular weight is 277 g/mol. The zero-order chi connectivity index (χ0) is 13.0. The van der Waals surface area contributed by atoms with Gasteiger partial charge in [-0.1, -0.05) is 11.6 Å². The Balaban J connectivity index is 2.50. The van der Waals surface area contributed by atoms with Gasteiger partial charge in [0.1, 0.15) is 6.04 Å². The van der Waals surface area contributed by atoms with Crippen molar-refractivity contribution < 1.29 is 14.7 Å². The van der Waals surface area contributed by atoms with Gasteiger partial charge in [-0.2, -0.15) is 0 Å². The zero-order valence-electron chi connectivity index (χ0n) is 9.44. The van der Waals surface area contributed by atoms with Gasteiger partial charge in [0, 0.05) is 11.9 Å². The molecule has 2 N–H and O–H groups in total. The molecule has 1 unspecified atom stereocenters. The van der Waals surface area contributed by atoms with E-state index < -0.39 is 18.0 Å². The lowest BCUT2D eigenvalue weighted by Crippen LogP contribution is -2.44. The van der Waals surface area contributed by atoms with Gasteiger partial charge < -0.3 is 15.3 Å². The maximum atomic E-state index is 11.6. The molecule has 94 valence electrons. The highest BCUT2D eigenvalue weighted by molar-refractivity contribution is 7.16. The predicted octanol–water partition coefficient (Wildman–Crippen LogP) is 2.02. The van der Waals surface area contributed by atoms with Crippen LogP contribution in [-0.4, -0.2) is 35.1 Å². The Morgan fingerprint density at radius 3 is 2.71 bits per heavy atom. The summed E-state index contributed by atoms with van der Waals surface area (Å²) in [4.78, 5) is 24.5. The van der Waals surface area contributed by atoms with Crippen LogP contribution in [0.3, 0.4) is 0 Å². The minimum absolute atomic E-state index is 0.398. The van der Waals surface area contributed by atoms with Crippen molar-refractivity contribution in [1.82, 2.24) is 10.2 Å². The third kappa shape index (κ3) is 4.24. The van der Waals surface area contributed by atoms with Gasteiger partial charge in [-0.05, 0) is 19.1 Å². The second-order valence-electron chi connectivity index (χ2n) is 3.57. The van der Waals surface area contributed by atoms with E-state index in [0.717, 1.165) is 4.88 Å². The van der Waals surface area contributed by atoms with Crippen LogP contribution in [0.1, 0.15) is 11.8 Å². The fraction of sp³-hybridized carbons (Fsp3) is 0.400. The maximum absolute atomic E-state index is 11.6. The van der Waals surface area contributed by atoms with Crippen LogP contribution in [0.2, 0.25) is 4.34 Å². The van der Waals surface area contributed by atoms with Crippen LogP contribution in [0.4, 0.5) is 4.79 Å². The highest BCUT2D eigenvalue weighted by Crippen LogP contribution is 2.22. The summed E-state index contributed by atoms with van der Waals surface area (Å²) in [5.74, 6) is -1.06. The van der Waals surface area contributed by atoms with E-state index >= 15 is 0 Å². The summed E-state index contributed by atoms with van der Waals surface area (Å²) >= 11 is 7.16. The Morgan fingerprint density at radius 1 is 1.59 bits per heavy atom. The number of urea groups is 1. The van der Waals surface area contributed by atoms with E-state index in [1.807, 2.05) is 6.07 Å². The molecular weight excluding hydrogens is 264 g/mol. The summed E-state index contributed by atoms with van der Waals surface area (Å²) in [5.41, 5.74) is 0. The summed E-state index contributed by atoms with van der Waals surface area (Å²) in [6.07, 6.45) is 0. The predicted molar refractivity (Wildman–Crippen MR) is 66.4 cm³/mol. The number of nitrogens with one attached hydrogen (secondary N) is 1. The molecule has 0 radical (unpaired) electrons. The van der Waals surface area contributed by atoms with E-state index in [2.05, 4.69) is 5.32 Å². The normalized spacial score (nSPS) is 11.9. The van der Waals surface area contributed by atoms with Gasteiger partial charge in [-0.25, -0.2) is 4.79 Å². The third-order valence-corrected chi connectivity index (χ3v) is 3.29. The Hall–Kier alpha value is -1.27. The lowest BCUT2D eigenvalue weighted by atomic mass is 10.3. The first-order valence-electron chi connectivity index (χ1n) is 4.89. The van der Waals surface area contributed by atoms with Gasteiger partial charge >= 0.3 is 12.0 Å². The molecule has 1 rings (SSSR count). The van der Waals surface area contributed by atoms with Crippen molar-refractivity contribution in [1.29, 1.82) is 0 Å². The monoisotopic (exact) mass is 276 g/mol. The number of carbonyl (C=O) groups excluding carboxylic acids is 1. The van der Waals surface area contributed by atoms with Gasteiger partial charge in [0.25, 0.3) is 0 Å². The quantitative estimate of drug-likeness (QED) is 0.884. The van der Waals surface area contributed by atoms with Gasteiger partial charge in [-0.15, -0.1) is 11.3 Å². The Morgan fingerprint density at radius 2 is 2.24 bits per heavy atom. The van der Waals surface area contributed by atoms with E-state index in [1.54, 1.807) is 13.1 Å². The van der Waals surface area contributed by atoms with Crippen LogP contribution in [0.5, 0.6) is 0 Å². The Labute approximate surface area is 108 Å². The Kier molecular flexibility index (Phi) is 4.77. The van der Waals surface area contributed by atoms with Crippen molar-refractivity contribution >= 4 is 34.9 Å². The molecule has 7 heteroatoms. The fourth-order valence-corrected chi connectivity index (χ4v) is 2.24. The second-order valence-corrected chi connectivity index (χ2v) is 5.37. The molecule has 1 heterocycles. The molecule has 0 bridgehead atoms. The number of carbonyl (C=O) groups is 2. The first kappa shape index (κ1) is 13.8. The topological polar surface area (TPSA) is 69.6 Å².